The molecule has 3 aromatic carbocycles. The summed E-state index contributed by atoms with van der Waals surface area (Å²) in [7, 11) is 0. The Morgan fingerprint density at radius 3 is 2.30 bits per heavy atom. The third kappa shape index (κ3) is 6.35. The Bertz CT molecular complexity index is 1790. The van der Waals surface area contributed by atoms with Crippen molar-refractivity contribution in [2.45, 2.75) is 86.7 Å². The van der Waals surface area contributed by atoms with Gasteiger partial charge in [-0.1, -0.05) is 103 Å². The number of hydrogen-bond donors (Lipinski definition) is 0. The zero-order chi connectivity index (χ0) is 30.3. The molecule has 0 fully saturated rings. The molecule has 0 unspecified atom stereocenters. The molecular formula is C38H43IrN3O-2. The van der Waals surface area contributed by atoms with Crippen LogP contribution in [-0.4, -0.2) is 22.9 Å². The molecule has 6 rings (SSSR count). The molecule has 0 saturated heterocycles. The number of nitrogens with zero attached hydrogens (tertiary/aromatic N) is 3. The number of pyridine rings is 1. The van der Waals surface area contributed by atoms with Gasteiger partial charge in [-0.2, -0.15) is 0 Å². The standard InChI is InChI=1S/C28H22NO.C10H21N2.Ir/c1-16-14-17(2)18-12-13-22(29-23(18)15-16)19-9-7-10-21-25(19)28(3,4)26-20-8-5-6-11-24(20)30-27(21)26;1-7(2)10(11-8(3)4)12-9(5)6;/h5-8,10-15H,1-4H3;7-9H,1-6H3;/q2*-1;. The van der Waals surface area contributed by atoms with Crippen LogP contribution in [0.3, 0.4) is 0 Å². The monoisotopic (exact) mass is 750 g/mol. The molecule has 0 saturated carbocycles. The molecular weight excluding hydrogens is 707 g/mol. The summed E-state index contributed by atoms with van der Waals surface area (Å²) in [6.07, 6.45) is 0. The van der Waals surface area contributed by atoms with Gasteiger partial charge in [0.25, 0.3) is 0 Å². The maximum absolute atomic E-state index is 6.33. The zero-order valence-electron chi connectivity index (χ0n) is 27.1. The van der Waals surface area contributed by atoms with Crippen molar-refractivity contribution in [3.05, 3.63) is 94.3 Å². The van der Waals surface area contributed by atoms with Gasteiger partial charge in [0.05, 0.1) is 5.52 Å². The number of benzene rings is 3. The van der Waals surface area contributed by atoms with E-state index in [1.807, 2.05) is 12.1 Å². The molecule has 0 N–H and O–H groups in total. The Morgan fingerprint density at radius 2 is 1.63 bits per heavy atom. The summed E-state index contributed by atoms with van der Waals surface area (Å²) in [6, 6.07) is 25.4. The second kappa shape index (κ2) is 12.8. The number of aliphatic imine (C=N–C) groups is 1. The van der Waals surface area contributed by atoms with E-state index in [-0.39, 0.29) is 25.5 Å². The van der Waals surface area contributed by atoms with Gasteiger partial charge in [-0.25, -0.2) is 0 Å². The molecule has 0 bridgehead atoms. The third-order valence-corrected chi connectivity index (χ3v) is 7.80. The van der Waals surface area contributed by atoms with Crippen LogP contribution in [0, 0.1) is 25.8 Å². The average Bonchev–Trinajstić information content (AvgIpc) is 3.41. The van der Waals surface area contributed by atoms with Crippen LogP contribution in [0.4, 0.5) is 0 Å². The molecule has 0 spiro atoms. The maximum Gasteiger partial charge on any atom is 0.135 e. The van der Waals surface area contributed by atoms with Gasteiger partial charge >= 0.3 is 0 Å². The Hall–Kier alpha value is -3.27. The number of amidine groups is 1. The van der Waals surface area contributed by atoms with Crippen molar-refractivity contribution in [3.8, 4) is 22.6 Å². The average molecular weight is 750 g/mol. The van der Waals surface area contributed by atoms with Gasteiger partial charge in [0.1, 0.15) is 11.3 Å². The molecule has 2 aromatic heterocycles. The maximum atomic E-state index is 6.33. The van der Waals surface area contributed by atoms with E-state index >= 15 is 0 Å². The summed E-state index contributed by atoms with van der Waals surface area (Å²) in [5, 5.41) is 6.86. The van der Waals surface area contributed by atoms with Crippen molar-refractivity contribution in [1.82, 2.24) is 4.98 Å². The second-order valence-electron chi connectivity index (χ2n) is 12.9. The van der Waals surface area contributed by atoms with E-state index in [2.05, 4.69) is 134 Å². The third-order valence-electron chi connectivity index (χ3n) is 7.80. The Kier molecular flexibility index (Phi) is 9.69. The summed E-state index contributed by atoms with van der Waals surface area (Å²) in [4.78, 5) is 9.52. The van der Waals surface area contributed by atoms with E-state index in [0.717, 1.165) is 39.5 Å². The number of aromatic nitrogens is 1. The molecule has 0 atom stereocenters. The number of furan rings is 1. The van der Waals surface area contributed by atoms with E-state index in [1.54, 1.807) is 0 Å². The molecule has 227 valence electrons. The fraction of sp³-hybridized carbons (Fsp3) is 0.368. The predicted octanol–water partition coefficient (Wildman–Crippen LogP) is 10.6. The van der Waals surface area contributed by atoms with Crippen molar-refractivity contribution in [1.29, 1.82) is 0 Å². The number of hydrogen-bond acceptors (Lipinski definition) is 3. The minimum Gasteiger partial charge on any atom is -0.466 e. The van der Waals surface area contributed by atoms with Crippen molar-refractivity contribution in [2.75, 3.05) is 0 Å². The van der Waals surface area contributed by atoms with Crippen molar-refractivity contribution < 1.29 is 24.5 Å². The summed E-state index contributed by atoms with van der Waals surface area (Å²) in [6.45, 7) is 21.4. The number of para-hydroxylation sites is 1. The first kappa shape index (κ1) is 32.6. The van der Waals surface area contributed by atoms with Gasteiger partial charge in [0, 0.05) is 36.4 Å². The van der Waals surface area contributed by atoms with E-state index < -0.39 is 0 Å². The van der Waals surface area contributed by atoms with Crippen LogP contribution >= 0.6 is 0 Å². The molecule has 2 heterocycles. The largest absolute Gasteiger partial charge is 0.466 e. The molecule has 0 amide bonds. The Balaban J connectivity index is 0.000000280. The number of rotatable bonds is 4. The molecule has 1 radical (unpaired) electrons. The van der Waals surface area contributed by atoms with E-state index in [1.165, 1.54) is 33.0 Å². The van der Waals surface area contributed by atoms with E-state index in [0.29, 0.717) is 18.0 Å². The number of fused-ring (bicyclic) bond motifs is 6. The summed E-state index contributed by atoms with van der Waals surface area (Å²) >= 11 is 0. The molecule has 43 heavy (non-hydrogen) atoms. The summed E-state index contributed by atoms with van der Waals surface area (Å²) < 4.78 is 6.33. The summed E-state index contributed by atoms with van der Waals surface area (Å²) in [5.41, 5.74) is 9.99. The SMILES string of the molecule is CC(C)N=C([N-]C(C)C)C(C)C.Cc1cc(C)c2ccc(-c3[c-]ccc4c3C(C)(C)c3c-4oc4ccccc34)nc2c1.[Ir]. The first-order valence-electron chi connectivity index (χ1n) is 15.1. The van der Waals surface area contributed by atoms with Crippen LogP contribution in [0.25, 0.3) is 49.8 Å². The molecule has 5 heteroatoms. The molecule has 4 nitrogen and oxygen atoms in total. The topological polar surface area (TPSA) is 52.5 Å². The predicted molar refractivity (Wildman–Crippen MR) is 179 cm³/mol. The van der Waals surface area contributed by atoms with Crippen molar-refractivity contribution in [3.63, 3.8) is 0 Å². The minimum atomic E-state index is -0.191. The molecule has 5 aromatic rings. The fourth-order valence-corrected chi connectivity index (χ4v) is 6.11. The van der Waals surface area contributed by atoms with Crippen LogP contribution in [-0.2, 0) is 25.5 Å². The van der Waals surface area contributed by atoms with Gasteiger partial charge in [-0.15, -0.1) is 29.3 Å². The Morgan fingerprint density at radius 1 is 0.907 bits per heavy atom. The first-order valence-corrected chi connectivity index (χ1v) is 15.1. The first-order chi connectivity index (χ1) is 19.9. The Labute approximate surface area is 270 Å². The van der Waals surface area contributed by atoms with Gasteiger partial charge < -0.3 is 14.7 Å². The zero-order valence-corrected chi connectivity index (χ0v) is 29.5. The number of aryl methyl sites for hydroxylation is 2. The normalized spacial score (nSPS) is 13.7. The smallest absolute Gasteiger partial charge is 0.135 e. The molecule has 1 aliphatic carbocycles. The fourth-order valence-electron chi connectivity index (χ4n) is 6.11. The van der Waals surface area contributed by atoms with Crippen molar-refractivity contribution in [2.24, 2.45) is 10.9 Å². The van der Waals surface area contributed by atoms with E-state index in [4.69, 9.17) is 9.40 Å². The van der Waals surface area contributed by atoms with Crippen LogP contribution in [0.5, 0.6) is 0 Å². The van der Waals surface area contributed by atoms with Gasteiger partial charge in [-0.3, -0.25) is 4.98 Å². The van der Waals surface area contributed by atoms with Crippen LogP contribution in [0.1, 0.15) is 77.6 Å². The molecule has 1 aliphatic rings. The van der Waals surface area contributed by atoms with Crippen LogP contribution in [0.15, 0.2) is 70.1 Å². The van der Waals surface area contributed by atoms with Gasteiger partial charge in [0.2, 0.25) is 0 Å². The second-order valence-corrected chi connectivity index (χ2v) is 12.9. The van der Waals surface area contributed by atoms with Gasteiger partial charge in [0.15, 0.2) is 0 Å². The minimum absolute atomic E-state index is 0. The van der Waals surface area contributed by atoms with Gasteiger partial charge in [-0.05, 0) is 66.2 Å². The molecule has 0 aliphatic heterocycles. The van der Waals surface area contributed by atoms with Crippen LogP contribution < -0.4 is 0 Å². The quantitative estimate of drug-likeness (QED) is 0.104. The van der Waals surface area contributed by atoms with Crippen molar-refractivity contribution >= 4 is 27.7 Å². The summed E-state index contributed by atoms with van der Waals surface area (Å²) in [5.74, 6) is 2.42. The van der Waals surface area contributed by atoms with E-state index in [9.17, 15) is 0 Å². The van der Waals surface area contributed by atoms with Crippen LogP contribution in [0.2, 0.25) is 0 Å².